The Balaban J connectivity index is 3.73. The smallest absolute Gasteiger partial charge is 0.288 e. The van der Waals surface area contributed by atoms with Crippen LogP contribution >= 0.6 is 0 Å². The van der Waals surface area contributed by atoms with Crippen LogP contribution in [0.25, 0.3) is 0 Å². The lowest BCUT2D eigenvalue weighted by Crippen LogP contribution is -1.95. The van der Waals surface area contributed by atoms with Crippen molar-refractivity contribution in [3.8, 4) is 0 Å². The molecule has 0 aromatic heterocycles. The third-order valence-electron chi connectivity index (χ3n) is 2.63. The largest absolute Gasteiger partial charge is 0.396 e. The molecule has 0 aliphatic heterocycles. The van der Waals surface area contributed by atoms with Gasteiger partial charge in [-0.25, -0.2) is 0 Å². The molecule has 0 radical (unpaired) electrons. The third-order valence-corrected chi connectivity index (χ3v) is 3.86. The van der Waals surface area contributed by atoms with Gasteiger partial charge in [-0.1, -0.05) is 17.2 Å². The number of allylic oxidation sites excluding steroid dienone is 3. The number of aliphatic hydroxyl groups is 1. The van der Waals surface area contributed by atoms with E-state index in [1.807, 2.05) is 0 Å². The fourth-order valence-electron chi connectivity index (χ4n) is 1.82. The molecule has 0 saturated carbocycles. The molecule has 0 aliphatic rings. The van der Waals surface area contributed by atoms with E-state index in [4.69, 9.17) is 5.11 Å². The van der Waals surface area contributed by atoms with Gasteiger partial charge in [0, 0.05) is 6.61 Å². The lowest BCUT2D eigenvalue weighted by atomic mass is 10.1. The molecule has 0 amide bonds. The van der Waals surface area contributed by atoms with Crippen LogP contribution in [0.1, 0.15) is 46.0 Å². The summed E-state index contributed by atoms with van der Waals surface area (Å²) in [6.07, 6.45) is 7.94. The molecular formula is C14H27AlO. The molecule has 0 spiro atoms. The van der Waals surface area contributed by atoms with E-state index < -0.39 is 14.1 Å². The Morgan fingerprint density at radius 2 is 1.75 bits per heavy atom. The van der Waals surface area contributed by atoms with Crippen molar-refractivity contribution in [2.24, 2.45) is 0 Å². The zero-order valence-corrected chi connectivity index (χ0v) is 12.6. The normalized spacial score (nSPS) is 13.1. The van der Waals surface area contributed by atoms with Crippen molar-refractivity contribution in [1.82, 2.24) is 0 Å². The second kappa shape index (κ2) is 10.1. The summed E-state index contributed by atoms with van der Waals surface area (Å²) in [6, 6.07) is 0. The van der Waals surface area contributed by atoms with E-state index in [1.165, 1.54) is 18.4 Å². The predicted molar refractivity (Wildman–Crippen MR) is 75.2 cm³/mol. The molecule has 1 nitrogen and oxygen atoms in total. The fourth-order valence-corrected chi connectivity index (χ4v) is 3.12. The first-order valence-electron chi connectivity index (χ1n) is 6.50. The highest BCUT2D eigenvalue weighted by Gasteiger charge is 1.97. The molecule has 0 aromatic rings. The van der Waals surface area contributed by atoms with Crippen molar-refractivity contribution in [2.75, 3.05) is 6.61 Å². The Morgan fingerprint density at radius 1 is 1.06 bits per heavy atom. The average Bonchev–Trinajstić information content (AvgIpc) is 2.17. The Hall–Kier alpha value is -0.0275. The van der Waals surface area contributed by atoms with Gasteiger partial charge < -0.3 is 5.11 Å². The first kappa shape index (κ1) is 16.0. The minimum Gasteiger partial charge on any atom is -0.396 e. The summed E-state index contributed by atoms with van der Waals surface area (Å²) in [4.78, 5) is 2.48. The van der Waals surface area contributed by atoms with Crippen LogP contribution in [0.5, 0.6) is 0 Å². The van der Waals surface area contributed by atoms with Crippen molar-refractivity contribution in [2.45, 2.75) is 57.5 Å². The van der Waals surface area contributed by atoms with Crippen LogP contribution in [0.15, 0.2) is 22.2 Å². The number of rotatable bonds is 8. The third kappa shape index (κ3) is 10.5. The van der Waals surface area contributed by atoms with E-state index in [2.05, 4.69) is 36.4 Å². The van der Waals surface area contributed by atoms with Gasteiger partial charge in [-0.05, 0) is 46.0 Å². The molecule has 0 atom stereocenters. The SMILES string of the molecule is C/C(=[CH]\[Al]([CH3])[CH3])CC/C=C(\C)CCCCO. The van der Waals surface area contributed by atoms with Gasteiger partial charge in [0.25, 0.3) is 14.1 Å². The molecule has 16 heavy (non-hydrogen) atoms. The Bertz CT molecular complexity index is 229. The van der Waals surface area contributed by atoms with E-state index in [-0.39, 0.29) is 0 Å². The van der Waals surface area contributed by atoms with Crippen LogP contribution in [-0.4, -0.2) is 25.9 Å². The van der Waals surface area contributed by atoms with Gasteiger partial charge in [0.2, 0.25) is 0 Å². The summed E-state index contributed by atoms with van der Waals surface area (Å²) >= 11 is -0.529. The second-order valence-electron chi connectivity index (χ2n) is 5.03. The molecule has 92 valence electrons. The number of aliphatic hydroxyl groups excluding tert-OH is 1. The molecule has 0 saturated heterocycles. The van der Waals surface area contributed by atoms with E-state index in [0.29, 0.717) is 6.61 Å². The van der Waals surface area contributed by atoms with E-state index >= 15 is 0 Å². The minimum atomic E-state index is -0.529. The summed E-state index contributed by atoms with van der Waals surface area (Å²) in [7, 11) is 0. The van der Waals surface area contributed by atoms with Crippen molar-refractivity contribution in [3.05, 3.63) is 22.2 Å². The summed E-state index contributed by atoms with van der Waals surface area (Å²) < 4.78 is 0. The fraction of sp³-hybridized carbons (Fsp3) is 0.714. The second-order valence-corrected chi connectivity index (χ2v) is 7.85. The maximum atomic E-state index is 8.69. The molecule has 0 unspecified atom stereocenters. The number of hydrogen-bond acceptors (Lipinski definition) is 1. The zero-order valence-electron chi connectivity index (χ0n) is 11.4. The highest BCUT2D eigenvalue weighted by atomic mass is 27.2. The van der Waals surface area contributed by atoms with Gasteiger partial charge >= 0.3 is 0 Å². The molecule has 1 N–H and O–H groups in total. The van der Waals surface area contributed by atoms with Crippen molar-refractivity contribution in [1.29, 1.82) is 0 Å². The first-order chi connectivity index (χ1) is 7.56. The molecule has 0 aromatic carbocycles. The molecule has 0 bridgehead atoms. The summed E-state index contributed by atoms with van der Waals surface area (Å²) in [5.41, 5.74) is 3.03. The predicted octanol–water partition coefficient (Wildman–Crippen LogP) is 4.12. The maximum absolute atomic E-state index is 8.69. The molecular weight excluding hydrogens is 211 g/mol. The maximum Gasteiger partial charge on any atom is 0.288 e. The Morgan fingerprint density at radius 3 is 2.31 bits per heavy atom. The molecule has 0 aliphatic carbocycles. The van der Waals surface area contributed by atoms with Gasteiger partial charge in [0.1, 0.15) is 0 Å². The summed E-state index contributed by atoms with van der Waals surface area (Å²) in [5, 5.41) is 8.69. The van der Waals surface area contributed by atoms with Crippen LogP contribution in [0.3, 0.4) is 0 Å². The first-order valence-corrected chi connectivity index (χ1v) is 9.47. The van der Waals surface area contributed by atoms with Crippen LogP contribution < -0.4 is 0 Å². The van der Waals surface area contributed by atoms with Gasteiger partial charge in [-0.15, -0.1) is 16.5 Å². The highest BCUT2D eigenvalue weighted by molar-refractivity contribution is 6.61. The topological polar surface area (TPSA) is 20.2 Å². The molecule has 0 heterocycles. The highest BCUT2D eigenvalue weighted by Crippen LogP contribution is 2.11. The van der Waals surface area contributed by atoms with Crippen molar-refractivity contribution < 1.29 is 5.11 Å². The lowest BCUT2D eigenvalue weighted by Gasteiger charge is -2.02. The van der Waals surface area contributed by atoms with Crippen LogP contribution in [0, 0.1) is 0 Å². The number of hydrogen-bond donors (Lipinski definition) is 1. The molecule has 2 heteroatoms. The van der Waals surface area contributed by atoms with Gasteiger partial charge in [0.05, 0.1) is 0 Å². The average molecular weight is 238 g/mol. The summed E-state index contributed by atoms with van der Waals surface area (Å²) in [6.45, 7) is 4.78. The Kier molecular flexibility index (Phi) is 10.1. The minimum absolute atomic E-state index is 0.328. The Labute approximate surface area is 106 Å². The van der Waals surface area contributed by atoms with Gasteiger partial charge in [-0.2, -0.15) is 0 Å². The lowest BCUT2D eigenvalue weighted by molar-refractivity contribution is 0.284. The standard InChI is InChI=1S/C12H21O.2CH3.Al/c1-11(2)7-6-9-12(3)8-4-5-10-13;;;/h1,9,13H,4-8,10H2,2-3H3;2*1H3;/b11-1?,12-9+;;;. The molecule has 0 fully saturated rings. The van der Waals surface area contributed by atoms with Crippen LogP contribution in [0.4, 0.5) is 0 Å². The van der Waals surface area contributed by atoms with Crippen molar-refractivity contribution in [3.63, 3.8) is 0 Å². The zero-order chi connectivity index (χ0) is 12.4. The number of unbranched alkanes of at least 4 members (excludes halogenated alkanes) is 1. The van der Waals surface area contributed by atoms with Gasteiger partial charge in [0.15, 0.2) is 0 Å². The van der Waals surface area contributed by atoms with Crippen LogP contribution in [-0.2, 0) is 0 Å². The monoisotopic (exact) mass is 238 g/mol. The van der Waals surface area contributed by atoms with E-state index in [9.17, 15) is 0 Å². The summed E-state index contributed by atoms with van der Waals surface area (Å²) in [5.74, 6) is 4.72. The van der Waals surface area contributed by atoms with E-state index in [0.717, 1.165) is 19.3 Å². The van der Waals surface area contributed by atoms with Crippen LogP contribution in [0.2, 0.25) is 11.6 Å². The van der Waals surface area contributed by atoms with E-state index in [1.54, 1.807) is 5.57 Å². The molecule has 0 rings (SSSR count). The van der Waals surface area contributed by atoms with Gasteiger partial charge in [-0.3, -0.25) is 0 Å². The quantitative estimate of drug-likeness (QED) is 0.383. The van der Waals surface area contributed by atoms with Crippen molar-refractivity contribution >= 4 is 14.1 Å².